The second kappa shape index (κ2) is 6.62. The molecule has 0 aliphatic carbocycles. The monoisotopic (exact) mass is 316 g/mol. The number of aliphatic hydroxyl groups is 1. The Morgan fingerprint density at radius 1 is 1.26 bits per heavy atom. The highest BCUT2D eigenvalue weighted by molar-refractivity contribution is 5.98. The lowest BCUT2D eigenvalue weighted by Gasteiger charge is -2.42. The third-order valence-corrected chi connectivity index (χ3v) is 6.00. The molecule has 1 unspecified atom stereocenters. The van der Waals surface area contributed by atoms with E-state index in [1.54, 1.807) is 0 Å². The average molecular weight is 316 g/mol. The number of rotatable bonds is 4. The summed E-state index contributed by atoms with van der Waals surface area (Å²) in [6, 6.07) is 8.13. The van der Waals surface area contributed by atoms with Crippen LogP contribution < -0.4 is 4.90 Å². The molecule has 3 rings (SSSR count). The molecule has 1 N–H and O–H groups in total. The number of carbonyl (C=O) groups is 1. The topological polar surface area (TPSA) is 43.8 Å². The van der Waals surface area contributed by atoms with Crippen molar-refractivity contribution in [2.45, 2.75) is 45.6 Å². The van der Waals surface area contributed by atoms with E-state index < -0.39 is 0 Å². The predicted octanol–water partition coefficient (Wildman–Crippen LogP) is 2.45. The second-order valence-corrected chi connectivity index (χ2v) is 7.09. The van der Waals surface area contributed by atoms with E-state index in [4.69, 9.17) is 0 Å². The zero-order valence-corrected chi connectivity index (χ0v) is 14.3. The van der Waals surface area contributed by atoms with Gasteiger partial charge in [-0.25, -0.2) is 0 Å². The summed E-state index contributed by atoms with van der Waals surface area (Å²) in [5, 5.41) is 9.66. The quantitative estimate of drug-likeness (QED) is 0.928. The van der Waals surface area contributed by atoms with Gasteiger partial charge in [0.2, 0.25) is 5.91 Å². The predicted molar refractivity (Wildman–Crippen MR) is 92.6 cm³/mol. The fraction of sp³-hybridized carbons (Fsp3) is 0.632. The Morgan fingerprint density at radius 3 is 2.61 bits per heavy atom. The Hall–Kier alpha value is -1.39. The maximum Gasteiger partial charge on any atom is 0.244 e. The van der Waals surface area contributed by atoms with Crippen LogP contribution >= 0.6 is 0 Å². The van der Waals surface area contributed by atoms with Crippen molar-refractivity contribution in [2.24, 2.45) is 5.41 Å². The number of piperidine rings is 1. The molecule has 1 aromatic rings. The van der Waals surface area contributed by atoms with Crippen molar-refractivity contribution < 1.29 is 9.90 Å². The van der Waals surface area contributed by atoms with Crippen molar-refractivity contribution in [1.82, 2.24) is 4.90 Å². The third-order valence-electron chi connectivity index (χ3n) is 6.00. The Kier molecular flexibility index (Phi) is 4.74. The maximum atomic E-state index is 12.9. The van der Waals surface area contributed by atoms with Crippen molar-refractivity contribution in [3.63, 3.8) is 0 Å². The molecular formula is C19H28N2O2. The van der Waals surface area contributed by atoms with Crippen molar-refractivity contribution in [2.75, 3.05) is 31.1 Å². The fourth-order valence-electron chi connectivity index (χ4n) is 3.96. The van der Waals surface area contributed by atoms with E-state index in [2.05, 4.69) is 24.0 Å². The highest BCUT2D eigenvalue weighted by atomic mass is 16.3. The minimum atomic E-state index is -0.0882. The molecule has 0 saturated carbocycles. The summed E-state index contributed by atoms with van der Waals surface area (Å²) in [5.74, 6) is 0.211. The van der Waals surface area contributed by atoms with Gasteiger partial charge >= 0.3 is 0 Å². The number of amides is 1. The summed E-state index contributed by atoms with van der Waals surface area (Å²) in [6.07, 6.45) is 3.93. The molecule has 1 atom stereocenters. The Balaban J connectivity index is 1.66. The number of hydrogen-bond donors (Lipinski definition) is 1. The molecule has 1 saturated heterocycles. The molecule has 1 amide bonds. The van der Waals surface area contributed by atoms with Gasteiger partial charge in [-0.1, -0.05) is 25.1 Å². The van der Waals surface area contributed by atoms with E-state index in [-0.39, 0.29) is 24.0 Å². The Morgan fingerprint density at radius 2 is 1.96 bits per heavy atom. The molecule has 0 aromatic heterocycles. The summed E-state index contributed by atoms with van der Waals surface area (Å²) in [7, 11) is 0. The zero-order valence-electron chi connectivity index (χ0n) is 14.3. The molecule has 2 aliphatic heterocycles. The van der Waals surface area contributed by atoms with Crippen LogP contribution in [0.3, 0.4) is 0 Å². The van der Waals surface area contributed by atoms with Crippen molar-refractivity contribution >= 4 is 11.6 Å². The number of likely N-dealkylation sites (tertiary alicyclic amines) is 1. The molecule has 0 spiro atoms. The number of fused-ring (bicyclic) bond motifs is 1. The van der Waals surface area contributed by atoms with Gasteiger partial charge < -0.3 is 10.0 Å². The number of anilines is 1. The third kappa shape index (κ3) is 3.02. The largest absolute Gasteiger partial charge is 0.396 e. The Labute approximate surface area is 139 Å². The fourth-order valence-corrected chi connectivity index (χ4v) is 3.96. The van der Waals surface area contributed by atoms with Crippen LogP contribution in [0, 0.1) is 5.41 Å². The van der Waals surface area contributed by atoms with Gasteiger partial charge in [0.25, 0.3) is 0 Å². The maximum absolute atomic E-state index is 12.9. The van der Waals surface area contributed by atoms with Crippen LogP contribution in [-0.2, 0) is 11.2 Å². The molecule has 4 nitrogen and oxygen atoms in total. The van der Waals surface area contributed by atoms with E-state index in [0.717, 1.165) is 51.0 Å². The van der Waals surface area contributed by atoms with E-state index >= 15 is 0 Å². The molecule has 2 aliphatic rings. The van der Waals surface area contributed by atoms with Crippen LogP contribution in [0.2, 0.25) is 0 Å². The van der Waals surface area contributed by atoms with Crippen LogP contribution in [0.5, 0.6) is 0 Å². The van der Waals surface area contributed by atoms with Gasteiger partial charge in [0.1, 0.15) is 0 Å². The summed E-state index contributed by atoms with van der Waals surface area (Å²) < 4.78 is 0. The van der Waals surface area contributed by atoms with Crippen LogP contribution in [0.15, 0.2) is 24.3 Å². The summed E-state index contributed by atoms with van der Waals surface area (Å²) in [4.78, 5) is 17.2. The first-order valence-electron chi connectivity index (χ1n) is 8.84. The molecular weight excluding hydrogens is 288 g/mol. The number of nitrogens with zero attached hydrogens (tertiary/aromatic N) is 2. The lowest BCUT2D eigenvalue weighted by molar-refractivity contribution is -0.124. The zero-order chi connectivity index (χ0) is 16.4. The van der Waals surface area contributed by atoms with Gasteiger partial charge in [-0.05, 0) is 62.7 Å². The van der Waals surface area contributed by atoms with Crippen LogP contribution in [-0.4, -0.2) is 48.2 Å². The molecule has 1 aromatic carbocycles. The van der Waals surface area contributed by atoms with Crippen LogP contribution in [0.25, 0.3) is 0 Å². The molecule has 0 radical (unpaired) electrons. The summed E-state index contributed by atoms with van der Waals surface area (Å²) >= 11 is 0. The van der Waals surface area contributed by atoms with Gasteiger partial charge in [-0.3, -0.25) is 9.69 Å². The van der Waals surface area contributed by atoms with Crippen molar-refractivity contribution in [1.29, 1.82) is 0 Å². The van der Waals surface area contributed by atoms with E-state index in [1.807, 2.05) is 24.0 Å². The first kappa shape index (κ1) is 16.5. The van der Waals surface area contributed by atoms with E-state index in [1.165, 1.54) is 5.56 Å². The van der Waals surface area contributed by atoms with E-state index in [0.29, 0.717) is 0 Å². The van der Waals surface area contributed by atoms with Gasteiger partial charge in [0.05, 0.1) is 6.04 Å². The highest BCUT2D eigenvalue weighted by Gasteiger charge is 2.37. The first-order chi connectivity index (χ1) is 11.1. The van der Waals surface area contributed by atoms with Crippen LogP contribution in [0.4, 0.5) is 5.69 Å². The first-order valence-corrected chi connectivity index (χ1v) is 8.84. The van der Waals surface area contributed by atoms with Crippen molar-refractivity contribution in [3.05, 3.63) is 29.8 Å². The minimum Gasteiger partial charge on any atom is -0.396 e. The summed E-state index contributed by atoms with van der Waals surface area (Å²) in [5.41, 5.74) is 2.43. The van der Waals surface area contributed by atoms with Gasteiger partial charge in [0, 0.05) is 18.8 Å². The van der Waals surface area contributed by atoms with Gasteiger partial charge in [-0.2, -0.15) is 0 Å². The number of hydrogen-bond acceptors (Lipinski definition) is 3. The Bertz CT molecular complexity index is 558. The summed E-state index contributed by atoms with van der Waals surface area (Å²) in [6.45, 7) is 7.04. The lowest BCUT2D eigenvalue weighted by Crippen LogP contribution is -2.51. The molecule has 126 valence electrons. The van der Waals surface area contributed by atoms with Gasteiger partial charge in [-0.15, -0.1) is 0 Å². The number of aliphatic hydroxyl groups excluding tert-OH is 1. The lowest BCUT2D eigenvalue weighted by atomic mass is 9.76. The van der Waals surface area contributed by atoms with Crippen LogP contribution in [0.1, 0.15) is 38.7 Å². The minimum absolute atomic E-state index is 0.0690. The molecule has 0 bridgehead atoms. The molecule has 23 heavy (non-hydrogen) atoms. The van der Waals surface area contributed by atoms with E-state index in [9.17, 15) is 9.90 Å². The number of benzene rings is 1. The second-order valence-electron chi connectivity index (χ2n) is 7.09. The van der Waals surface area contributed by atoms with Crippen molar-refractivity contribution in [3.8, 4) is 0 Å². The van der Waals surface area contributed by atoms with Gasteiger partial charge in [0.15, 0.2) is 0 Å². The molecule has 1 fully saturated rings. The normalized spacial score (nSPS) is 22.0. The smallest absolute Gasteiger partial charge is 0.244 e. The SMILES string of the molecule is CCC1(CO)CCN(C(C)C(=O)N2CCc3ccccc32)CC1. The highest BCUT2D eigenvalue weighted by Crippen LogP contribution is 2.35. The molecule has 4 heteroatoms. The standard InChI is InChI=1S/C19H28N2O2/c1-3-19(14-22)9-12-20(13-10-19)15(2)18(23)21-11-8-16-6-4-5-7-17(16)21/h4-7,15,22H,3,8-14H2,1-2H3. The average Bonchev–Trinajstić information content (AvgIpc) is 3.04. The number of para-hydroxylation sites is 1. The molecule has 2 heterocycles. The number of carbonyl (C=O) groups excluding carboxylic acids is 1.